The zero-order valence-electron chi connectivity index (χ0n) is 12.3. The third kappa shape index (κ3) is 3.05. The number of piperidine rings is 1. The molecule has 2 fully saturated rings. The molecule has 1 amide bonds. The van der Waals surface area contributed by atoms with Gasteiger partial charge in [-0.1, -0.05) is 0 Å². The largest absolute Gasteiger partial charge is 0.465 e. The SMILES string of the molecule is CC1(C)OB(C[C@@H]2CCCN(C(=O)O)C2)OC1(C)C. The van der Waals surface area contributed by atoms with Gasteiger partial charge in [-0.05, 0) is 52.8 Å². The van der Waals surface area contributed by atoms with Crippen LogP contribution < -0.4 is 0 Å². The predicted octanol–water partition coefficient (Wildman–Crippen LogP) is 2.47. The number of likely N-dealkylation sites (tertiary alicyclic amines) is 1. The average Bonchev–Trinajstić information content (AvgIpc) is 2.47. The summed E-state index contributed by atoms with van der Waals surface area (Å²) in [7, 11) is -0.219. The second-order valence-corrected chi connectivity index (χ2v) is 6.66. The minimum absolute atomic E-state index is 0.219. The van der Waals surface area contributed by atoms with Gasteiger partial charge in [0.1, 0.15) is 0 Å². The van der Waals surface area contributed by atoms with Crippen molar-refractivity contribution < 1.29 is 19.2 Å². The van der Waals surface area contributed by atoms with Crippen LogP contribution in [0.5, 0.6) is 0 Å². The molecule has 1 atom stereocenters. The molecule has 0 saturated carbocycles. The molecule has 0 aromatic carbocycles. The molecular weight excluding hydrogens is 245 g/mol. The highest BCUT2D eigenvalue weighted by atomic mass is 16.7. The van der Waals surface area contributed by atoms with Gasteiger partial charge in [-0.3, -0.25) is 0 Å². The third-order valence-electron chi connectivity index (χ3n) is 4.62. The lowest BCUT2D eigenvalue weighted by Crippen LogP contribution is -2.41. The van der Waals surface area contributed by atoms with Gasteiger partial charge in [0.25, 0.3) is 0 Å². The van der Waals surface area contributed by atoms with E-state index in [0.29, 0.717) is 19.0 Å². The van der Waals surface area contributed by atoms with Crippen LogP contribution in [0.3, 0.4) is 0 Å². The zero-order chi connectivity index (χ0) is 14.3. The van der Waals surface area contributed by atoms with Crippen molar-refractivity contribution in [2.45, 2.75) is 58.1 Å². The smallest absolute Gasteiger partial charge is 0.458 e. The van der Waals surface area contributed by atoms with E-state index in [-0.39, 0.29) is 18.3 Å². The predicted molar refractivity (Wildman–Crippen MR) is 73.2 cm³/mol. The Kier molecular flexibility index (Phi) is 3.84. The van der Waals surface area contributed by atoms with E-state index in [2.05, 4.69) is 0 Å². The summed E-state index contributed by atoms with van der Waals surface area (Å²) in [5, 5.41) is 9.05. The number of nitrogens with zero attached hydrogens (tertiary/aromatic N) is 1. The molecule has 0 bridgehead atoms. The molecule has 0 radical (unpaired) electrons. The lowest BCUT2D eigenvalue weighted by molar-refractivity contribution is 0.00578. The topological polar surface area (TPSA) is 59.0 Å². The van der Waals surface area contributed by atoms with Crippen molar-refractivity contribution in [2.24, 2.45) is 5.92 Å². The molecule has 108 valence electrons. The molecule has 2 aliphatic heterocycles. The van der Waals surface area contributed by atoms with E-state index in [1.165, 1.54) is 4.90 Å². The molecule has 2 rings (SSSR count). The van der Waals surface area contributed by atoms with Crippen LogP contribution in [0.15, 0.2) is 0 Å². The third-order valence-corrected chi connectivity index (χ3v) is 4.62. The van der Waals surface area contributed by atoms with Gasteiger partial charge in [-0.2, -0.15) is 0 Å². The Hall–Kier alpha value is -0.745. The summed E-state index contributed by atoms with van der Waals surface area (Å²) in [4.78, 5) is 12.5. The minimum Gasteiger partial charge on any atom is -0.465 e. The number of hydrogen-bond acceptors (Lipinski definition) is 3. The summed E-state index contributed by atoms with van der Waals surface area (Å²) in [6, 6.07) is 0. The maximum Gasteiger partial charge on any atom is 0.458 e. The van der Waals surface area contributed by atoms with Crippen molar-refractivity contribution in [3.05, 3.63) is 0 Å². The summed E-state index contributed by atoms with van der Waals surface area (Å²) in [6.45, 7) is 9.40. The Morgan fingerprint density at radius 2 is 1.89 bits per heavy atom. The van der Waals surface area contributed by atoms with Gasteiger partial charge in [-0.15, -0.1) is 0 Å². The molecular formula is C13H24BNO4. The molecule has 0 spiro atoms. The summed E-state index contributed by atoms with van der Waals surface area (Å²) in [5.74, 6) is 0.333. The van der Waals surface area contributed by atoms with Crippen LogP contribution in [-0.2, 0) is 9.31 Å². The Bertz CT molecular complexity index is 343. The molecule has 2 saturated heterocycles. The standard InChI is InChI=1S/C13H24BNO4/c1-12(2)13(3,4)19-14(18-12)8-10-6-5-7-15(9-10)11(16)17/h10H,5-9H2,1-4H3,(H,16,17)/t10-/m0/s1. The summed E-state index contributed by atoms with van der Waals surface area (Å²) < 4.78 is 11.9. The van der Waals surface area contributed by atoms with Crippen molar-refractivity contribution in [3.8, 4) is 0 Å². The first-order valence-corrected chi connectivity index (χ1v) is 7.05. The maximum absolute atomic E-state index is 11.0. The fraction of sp³-hybridized carbons (Fsp3) is 0.923. The van der Waals surface area contributed by atoms with Crippen LogP contribution >= 0.6 is 0 Å². The maximum atomic E-state index is 11.0. The Balaban J connectivity index is 1.91. The molecule has 5 nitrogen and oxygen atoms in total. The van der Waals surface area contributed by atoms with Gasteiger partial charge in [0, 0.05) is 13.1 Å². The van der Waals surface area contributed by atoms with E-state index < -0.39 is 6.09 Å². The van der Waals surface area contributed by atoms with Gasteiger partial charge in [0.2, 0.25) is 0 Å². The van der Waals surface area contributed by atoms with Crippen LogP contribution in [0.4, 0.5) is 4.79 Å². The molecule has 19 heavy (non-hydrogen) atoms. The number of carbonyl (C=O) groups is 1. The molecule has 6 heteroatoms. The van der Waals surface area contributed by atoms with E-state index in [0.717, 1.165) is 19.2 Å². The molecule has 0 aromatic rings. The normalized spacial score (nSPS) is 29.6. The minimum atomic E-state index is -0.821. The Morgan fingerprint density at radius 1 is 1.32 bits per heavy atom. The second kappa shape index (κ2) is 4.98. The van der Waals surface area contributed by atoms with Gasteiger partial charge < -0.3 is 19.3 Å². The zero-order valence-corrected chi connectivity index (χ0v) is 12.3. The first-order valence-electron chi connectivity index (χ1n) is 7.05. The van der Waals surface area contributed by atoms with E-state index in [1.807, 2.05) is 27.7 Å². The lowest BCUT2D eigenvalue weighted by Gasteiger charge is -2.32. The van der Waals surface area contributed by atoms with Crippen LogP contribution in [0.1, 0.15) is 40.5 Å². The number of rotatable bonds is 2. The van der Waals surface area contributed by atoms with Crippen molar-refractivity contribution in [1.29, 1.82) is 0 Å². The van der Waals surface area contributed by atoms with Gasteiger partial charge in [0.15, 0.2) is 0 Å². The molecule has 0 aliphatic carbocycles. The summed E-state index contributed by atoms with van der Waals surface area (Å²) in [6.07, 6.45) is 1.93. The highest BCUT2D eigenvalue weighted by Gasteiger charge is 2.51. The summed E-state index contributed by atoms with van der Waals surface area (Å²) >= 11 is 0. The van der Waals surface area contributed by atoms with E-state index in [4.69, 9.17) is 14.4 Å². The van der Waals surface area contributed by atoms with Crippen molar-refractivity contribution in [3.63, 3.8) is 0 Å². The van der Waals surface area contributed by atoms with E-state index in [1.54, 1.807) is 0 Å². The van der Waals surface area contributed by atoms with Gasteiger partial charge >= 0.3 is 13.2 Å². The molecule has 0 aromatic heterocycles. The van der Waals surface area contributed by atoms with Crippen molar-refractivity contribution in [2.75, 3.05) is 13.1 Å². The van der Waals surface area contributed by atoms with Crippen LogP contribution in [0, 0.1) is 5.92 Å². The quantitative estimate of drug-likeness (QED) is 0.782. The first kappa shape index (κ1) is 14.7. The van der Waals surface area contributed by atoms with Gasteiger partial charge in [0.05, 0.1) is 11.2 Å². The fourth-order valence-electron chi connectivity index (χ4n) is 2.76. The van der Waals surface area contributed by atoms with Crippen LogP contribution in [0.2, 0.25) is 6.32 Å². The van der Waals surface area contributed by atoms with Crippen LogP contribution in [0.25, 0.3) is 0 Å². The number of carboxylic acid groups (broad SMARTS) is 1. The molecule has 1 N–H and O–H groups in total. The van der Waals surface area contributed by atoms with E-state index >= 15 is 0 Å². The van der Waals surface area contributed by atoms with Crippen LogP contribution in [-0.4, -0.2) is 47.5 Å². The first-order chi connectivity index (χ1) is 8.71. The van der Waals surface area contributed by atoms with Crippen molar-refractivity contribution in [1.82, 2.24) is 4.90 Å². The Morgan fingerprint density at radius 3 is 2.42 bits per heavy atom. The Labute approximate surface area is 115 Å². The van der Waals surface area contributed by atoms with E-state index in [9.17, 15) is 4.79 Å². The number of amides is 1. The van der Waals surface area contributed by atoms with Crippen molar-refractivity contribution >= 4 is 13.2 Å². The summed E-state index contributed by atoms with van der Waals surface area (Å²) in [5.41, 5.74) is -0.613. The fourth-order valence-corrected chi connectivity index (χ4v) is 2.76. The average molecular weight is 269 g/mol. The molecule has 2 aliphatic rings. The molecule has 0 unspecified atom stereocenters. The molecule has 2 heterocycles. The monoisotopic (exact) mass is 269 g/mol. The highest BCUT2D eigenvalue weighted by molar-refractivity contribution is 6.45. The second-order valence-electron chi connectivity index (χ2n) is 6.66. The lowest BCUT2D eigenvalue weighted by atomic mass is 9.74. The van der Waals surface area contributed by atoms with Gasteiger partial charge in [-0.25, -0.2) is 4.79 Å². The number of hydrogen-bond donors (Lipinski definition) is 1. The highest BCUT2D eigenvalue weighted by Crippen LogP contribution is 2.39.